The van der Waals surface area contributed by atoms with Gasteiger partial charge in [-0.2, -0.15) is 4.40 Å². The summed E-state index contributed by atoms with van der Waals surface area (Å²) in [6, 6.07) is 5.23. The van der Waals surface area contributed by atoms with E-state index in [1.165, 1.54) is 4.40 Å². The fraction of sp³-hybridized carbons (Fsp3) is 0.364. The normalized spacial score (nSPS) is 11.3. The van der Waals surface area contributed by atoms with Gasteiger partial charge in [-0.25, -0.2) is 4.98 Å². The summed E-state index contributed by atoms with van der Waals surface area (Å²) in [6.07, 6.45) is 1.62. The van der Waals surface area contributed by atoms with Crippen LogP contribution in [0, 0.1) is 10.1 Å². The third-order valence-corrected chi connectivity index (χ3v) is 2.65. The van der Waals surface area contributed by atoms with Gasteiger partial charge < -0.3 is 15.2 Å². The molecule has 7 heteroatoms. The van der Waals surface area contributed by atoms with Gasteiger partial charge in [0.05, 0.1) is 12.8 Å². The van der Waals surface area contributed by atoms with Crippen molar-refractivity contribution in [1.82, 2.24) is 14.3 Å². The molecule has 2 aromatic rings. The molecule has 18 heavy (non-hydrogen) atoms. The molecule has 0 spiro atoms. The summed E-state index contributed by atoms with van der Waals surface area (Å²) in [4.78, 5) is 16.7. The Morgan fingerprint density at radius 2 is 2.33 bits per heavy atom. The molecule has 0 fully saturated rings. The first-order chi connectivity index (χ1) is 8.63. The zero-order valence-corrected chi connectivity index (χ0v) is 9.98. The third-order valence-electron chi connectivity index (χ3n) is 2.65. The van der Waals surface area contributed by atoms with Crippen molar-refractivity contribution in [2.75, 3.05) is 20.2 Å². The summed E-state index contributed by atoms with van der Waals surface area (Å²) in [5.74, 6) is -0.0182. The van der Waals surface area contributed by atoms with Crippen molar-refractivity contribution < 1.29 is 10.0 Å². The van der Waals surface area contributed by atoms with Gasteiger partial charge in [0.1, 0.15) is 0 Å². The minimum Gasteiger partial charge on any atom is -0.395 e. The molecule has 96 valence electrons. The topological polar surface area (TPSA) is 83.9 Å². The smallest absolute Gasteiger partial charge is 0.352 e. The van der Waals surface area contributed by atoms with Gasteiger partial charge in [0, 0.05) is 19.2 Å². The summed E-state index contributed by atoms with van der Waals surface area (Å²) >= 11 is 0. The van der Waals surface area contributed by atoms with Gasteiger partial charge in [0.25, 0.3) is 0 Å². The number of fused-ring (bicyclic) bond motifs is 1. The van der Waals surface area contributed by atoms with Gasteiger partial charge in [0.15, 0.2) is 5.69 Å². The van der Waals surface area contributed by atoms with E-state index in [2.05, 4.69) is 4.98 Å². The van der Waals surface area contributed by atoms with E-state index < -0.39 is 4.92 Å². The van der Waals surface area contributed by atoms with E-state index in [-0.39, 0.29) is 12.4 Å². The molecular formula is C11H14N4O3. The maximum absolute atomic E-state index is 11.1. The molecule has 0 aromatic carbocycles. The molecular weight excluding hydrogens is 236 g/mol. The van der Waals surface area contributed by atoms with Crippen LogP contribution in [0.5, 0.6) is 0 Å². The van der Waals surface area contributed by atoms with Gasteiger partial charge in [-0.1, -0.05) is 6.07 Å². The van der Waals surface area contributed by atoms with Crippen LogP contribution < -0.4 is 0 Å². The molecule has 0 bridgehead atoms. The van der Waals surface area contributed by atoms with Crippen LogP contribution in [-0.4, -0.2) is 44.5 Å². The number of rotatable bonds is 5. The SMILES string of the molecule is CN(CCO)Cc1nc2ccccn2c1[N+](=O)[O-]. The monoisotopic (exact) mass is 250 g/mol. The van der Waals surface area contributed by atoms with Gasteiger partial charge in [-0.05, 0) is 18.0 Å². The maximum atomic E-state index is 11.1. The number of likely N-dealkylation sites (N-methyl/N-ethyl adjacent to an activating group) is 1. The van der Waals surface area contributed by atoms with E-state index >= 15 is 0 Å². The van der Waals surface area contributed by atoms with Crippen molar-refractivity contribution in [2.24, 2.45) is 0 Å². The number of imidazole rings is 1. The van der Waals surface area contributed by atoms with E-state index in [0.717, 1.165) is 0 Å². The molecule has 2 rings (SSSR count). The average Bonchev–Trinajstić information content (AvgIpc) is 2.66. The fourth-order valence-corrected chi connectivity index (χ4v) is 1.84. The summed E-state index contributed by atoms with van der Waals surface area (Å²) in [7, 11) is 1.78. The van der Waals surface area contributed by atoms with Crippen LogP contribution in [0.25, 0.3) is 5.65 Å². The Hall–Kier alpha value is -1.99. The third kappa shape index (κ3) is 2.31. The average molecular weight is 250 g/mol. The Bertz CT molecular complexity index is 566. The number of aliphatic hydroxyl groups is 1. The zero-order valence-electron chi connectivity index (χ0n) is 9.98. The van der Waals surface area contributed by atoms with Gasteiger partial charge in [-0.3, -0.25) is 4.90 Å². The predicted molar refractivity (Wildman–Crippen MR) is 65.3 cm³/mol. The number of aromatic nitrogens is 2. The number of nitrogens with zero attached hydrogens (tertiary/aromatic N) is 4. The number of pyridine rings is 1. The molecule has 0 amide bonds. The molecule has 0 aliphatic heterocycles. The predicted octanol–water partition coefficient (Wildman–Crippen LogP) is 0.667. The zero-order chi connectivity index (χ0) is 13.1. The quantitative estimate of drug-likeness (QED) is 0.622. The van der Waals surface area contributed by atoms with Gasteiger partial charge in [0.2, 0.25) is 5.65 Å². The second-order valence-corrected chi connectivity index (χ2v) is 4.03. The standard InChI is InChI=1S/C11H14N4O3/c1-13(6-7-16)8-9-11(15(17)18)14-5-3-2-4-10(14)12-9/h2-5,16H,6-8H2,1H3. The highest BCUT2D eigenvalue weighted by molar-refractivity contribution is 5.48. The number of nitro groups is 1. The lowest BCUT2D eigenvalue weighted by atomic mass is 10.4. The van der Waals surface area contributed by atoms with Gasteiger partial charge >= 0.3 is 5.82 Å². The van der Waals surface area contributed by atoms with Crippen LogP contribution in [0.1, 0.15) is 5.69 Å². The molecule has 0 atom stereocenters. The number of aliphatic hydroxyl groups excluding tert-OH is 1. The van der Waals surface area contributed by atoms with Crippen molar-refractivity contribution in [3.8, 4) is 0 Å². The first-order valence-electron chi connectivity index (χ1n) is 5.53. The lowest BCUT2D eigenvalue weighted by molar-refractivity contribution is -0.391. The van der Waals surface area contributed by atoms with E-state index in [4.69, 9.17) is 5.11 Å². The Kier molecular flexibility index (Phi) is 3.54. The van der Waals surface area contributed by atoms with E-state index in [1.54, 1.807) is 36.3 Å². The number of hydrogen-bond acceptors (Lipinski definition) is 5. The summed E-state index contributed by atoms with van der Waals surface area (Å²) < 4.78 is 1.46. The molecule has 0 aliphatic rings. The highest BCUT2D eigenvalue weighted by atomic mass is 16.6. The van der Waals surface area contributed by atoms with Crippen LogP contribution in [0.15, 0.2) is 24.4 Å². The number of hydrogen-bond donors (Lipinski definition) is 1. The molecule has 0 aliphatic carbocycles. The van der Waals surface area contributed by atoms with E-state index in [0.29, 0.717) is 24.4 Å². The minimum absolute atomic E-state index is 0.0116. The first kappa shape index (κ1) is 12.5. The Labute approximate surface area is 103 Å². The summed E-state index contributed by atoms with van der Waals surface area (Å²) in [5, 5.41) is 19.9. The lowest BCUT2D eigenvalue weighted by Crippen LogP contribution is -2.22. The minimum atomic E-state index is -0.428. The van der Waals surface area contributed by atoms with Crippen LogP contribution >= 0.6 is 0 Å². The van der Waals surface area contributed by atoms with Crippen LogP contribution in [0.3, 0.4) is 0 Å². The van der Waals surface area contributed by atoms with Crippen LogP contribution in [-0.2, 0) is 6.54 Å². The second-order valence-electron chi connectivity index (χ2n) is 4.03. The van der Waals surface area contributed by atoms with Crippen molar-refractivity contribution in [3.63, 3.8) is 0 Å². The molecule has 0 saturated carbocycles. The van der Waals surface area contributed by atoms with Crippen molar-refractivity contribution >= 4 is 11.5 Å². The molecule has 0 saturated heterocycles. The van der Waals surface area contributed by atoms with E-state index in [1.807, 2.05) is 0 Å². The summed E-state index contributed by atoms with van der Waals surface area (Å²) in [6.45, 7) is 0.793. The fourth-order valence-electron chi connectivity index (χ4n) is 1.84. The Balaban J connectivity index is 2.43. The summed E-state index contributed by atoms with van der Waals surface area (Å²) in [5.41, 5.74) is 0.957. The van der Waals surface area contributed by atoms with Gasteiger partial charge in [-0.15, -0.1) is 0 Å². The molecule has 0 unspecified atom stereocenters. The molecule has 7 nitrogen and oxygen atoms in total. The van der Waals surface area contributed by atoms with Crippen LogP contribution in [0.4, 0.5) is 5.82 Å². The largest absolute Gasteiger partial charge is 0.395 e. The maximum Gasteiger partial charge on any atom is 0.352 e. The Morgan fingerprint density at radius 1 is 1.56 bits per heavy atom. The van der Waals surface area contributed by atoms with Crippen molar-refractivity contribution in [3.05, 3.63) is 40.2 Å². The lowest BCUT2D eigenvalue weighted by Gasteiger charge is -2.12. The Morgan fingerprint density at radius 3 is 3.00 bits per heavy atom. The molecule has 2 heterocycles. The van der Waals surface area contributed by atoms with Crippen molar-refractivity contribution in [2.45, 2.75) is 6.54 Å². The van der Waals surface area contributed by atoms with E-state index in [9.17, 15) is 10.1 Å². The second kappa shape index (κ2) is 5.11. The van der Waals surface area contributed by atoms with Crippen molar-refractivity contribution in [1.29, 1.82) is 0 Å². The molecule has 2 aromatic heterocycles. The molecule has 1 N–H and O–H groups in total. The highest BCUT2D eigenvalue weighted by Gasteiger charge is 2.22. The molecule has 0 radical (unpaired) electrons. The first-order valence-corrected chi connectivity index (χ1v) is 5.53. The van der Waals surface area contributed by atoms with Crippen LogP contribution in [0.2, 0.25) is 0 Å². The highest BCUT2D eigenvalue weighted by Crippen LogP contribution is 2.21.